The largest absolute Gasteiger partial charge is 0.370 e. The molecular formula is C14H19N5OS. The van der Waals surface area contributed by atoms with Crippen molar-refractivity contribution >= 4 is 11.3 Å². The molecule has 112 valence electrons. The summed E-state index contributed by atoms with van der Waals surface area (Å²) in [5.74, 6) is 0. The van der Waals surface area contributed by atoms with Gasteiger partial charge in [-0.25, -0.2) is 9.67 Å². The number of piperidine rings is 1. The molecule has 2 atom stereocenters. The van der Waals surface area contributed by atoms with Crippen LogP contribution in [0.2, 0.25) is 0 Å². The van der Waals surface area contributed by atoms with Crippen molar-refractivity contribution in [1.82, 2.24) is 24.9 Å². The maximum Gasteiger partial charge on any atom is 0.0930 e. The fourth-order valence-corrected chi connectivity index (χ4v) is 4.15. The number of ether oxygens (including phenoxy) is 1. The Balaban J connectivity index is 1.52. The van der Waals surface area contributed by atoms with Crippen molar-refractivity contribution in [2.24, 2.45) is 0 Å². The third-order valence-electron chi connectivity index (χ3n) is 4.39. The van der Waals surface area contributed by atoms with Gasteiger partial charge in [-0.3, -0.25) is 4.90 Å². The molecule has 0 N–H and O–H groups in total. The Morgan fingerprint density at radius 2 is 2.33 bits per heavy atom. The Bertz CT molecular complexity index is 652. The average molecular weight is 305 g/mol. The summed E-state index contributed by atoms with van der Waals surface area (Å²) in [6.07, 6.45) is 3.13. The van der Waals surface area contributed by atoms with Crippen LogP contribution in [0.3, 0.4) is 0 Å². The number of thiazole rings is 1. The summed E-state index contributed by atoms with van der Waals surface area (Å²) in [6, 6.07) is 0.282. The summed E-state index contributed by atoms with van der Waals surface area (Å²) >= 11 is 1.78. The van der Waals surface area contributed by atoms with E-state index in [-0.39, 0.29) is 12.1 Å². The highest BCUT2D eigenvalue weighted by Crippen LogP contribution is 2.31. The fourth-order valence-electron chi connectivity index (χ4n) is 3.32. The van der Waals surface area contributed by atoms with E-state index in [2.05, 4.69) is 38.7 Å². The van der Waals surface area contributed by atoms with Gasteiger partial charge < -0.3 is 4.74 Å². The number of aryl methyl sites for hydroxylation is 2. The zero-order valence-electron chi connectivity index (χ0n) is 12.3. The Morgan fingerprint density at radius 3 is 3.14 bits per heavy atom. The normalized spacial score (nSPS) is 25.6. The van der Waals surface area contributed by atoms with Crippen LogP contribution in [-0.2, 0) is 17.9 Å². The van der Waals surface area contributed by atoms with Gasteiger partial charge in [0.2, 0.25) is 0 Å². The highest BCUT2D eigenvalue weighted by atomic mass is 32.1. The molecule has 0 spiro atoms. The molecule has 0 unspecified atom stereocenters. The zero-order chi connectivity index (χ0) is 14.4. The van der Waals surface area contributed by atoms with Crippen LogP contribution in [0.15, 0.2) is 6.20 Å². The van der Waals surface area contributed by atoms with Crippen molar-refractivity contribution in [3.8, 4) is 0 Å². The lowest BCUT2D eigenvalue weighted by molar-refractivity contribution is -0.0671. The van der Waals surface area contributed by atoms with Crippen LogP contribution in [0.5, 0.6) is 0 Å². The fraction of sp³-hybridized carbons (Fsp3) is 0.643. The lowest BCUT2D eigenvalue weighted by Crippen LogP contribution is -2.47. The number of likely N-dealkylation sites (tertiary alicyclic amines) is 1. The van der Waals surface area contributed by atoms with E-state index in [1.807, 2.05) is 6.20 Å². The summed E-state index contributed by atoms with van der Waals surface area (Å²) in [4.78, 5) is 8.44. The first-order valence-electron chi connectivity index (χ1n) is 7.36. The van der Waals surface area contributed by atoms with Crippen molar-refractivity contribution in [2.45, 2.75) is 45.6 Å². The smallest absolute Gasteiger partial charge is 0.0930 e. The summed E-state index contributed by atoms with van der Waals surface area (Å²) in [5, 5.41) is 9.43. The van der Waals surface area contributed by atoms with E-state index < -0.39 is 0 Å². The van der Waals surface area contributed by atoms with Gasteiger partial charge in [-0.05, 0) is 20.3 Å². The minimum Gasteiger partial charge on any atom is -0.370 e. The van der Waals surface area contributed by atoms with Crippen molar-refractivity contribution in [3.63, 3.8) is 0 Å². The second-order valence-electron chi connectivity index (χ2n) is 5.85. The average Bonchev–Trinajstić information content (AvgIpc) is 3.06. The van der Waals surface area contributed by atoms with Crippen LogP contribution in [0.25, 0.3) is 0 Å². The van der Waals surface area contributed by atoms with Crippen LogP contribution < -0.4 is 0 Å². The molecule has 7 heteroatoms. The molecule has 6 nitrogen and oxygen atoms in total. The molecule has 2 aliphatic rings. The maximum absolute atomic E-state index is 5.95. The molecule has 0 bridgehead atoms. The van der Waals surface area contributed by atoms with E-state index in [4.69, 9.17) is 4.74 Å². The van der Waals surface area contributed by atoms with Gasteiger partial charge in [-0.15, -0.1) is 16.4 Å². The van der Waals surface area contributed by atoms with Crippen molar-refractivity contribution in [2.75, 3.05) is 13.1 Å². The first-order chi connectivity index (χ1) is 10.2. The molecule has 4 rings (SSSR count). The van der Waals surface area contributed by atoms with E-state index in [9.17, 15) is 0 Å². The van der Waals surface area contributed by atoms with E-state index >= 15 is 0 Å². The molecule has 0 radical (unpaired) electrons. The molecular weight excluding hydrogens is 286 g/mol. The van der Waals surface area contributed by atoms with Crippen molar-refractivity contribution in [1.29, 1.82) is 0 Å². The monoisotopic (exact) mass is 305 g/mol. The van der Waals surface area contributed by atoms with Crippen molar-refractivity contribution in [3.05, 3.63) is 27.5 Å². The van der Waals surface area contributed by atoms with Gasteiger partial charge in [-0.1, -0.05) is 5.21 Å². The molecule has 0 saturated carbocycles. The van der Waals surface area contributed by atoms with Gasteiger partial charge in [0, 0.05) is 24.5 Å². The second-order valence-corrected chi connectivity index (χ2v) is 7.25. The molecule has 1 saturated heterocycles. The van der Waals surface area contributed by atoms with Crippen LogP contribution >= 0.6 is 11.3 Å². The lowest BCUT2D eigenvalue weighted by Gasteiger charge is -2.40. The van der Waals surface area contributed by atoms with Crippen LogP contribution in [0.1, 0.15) is 33.7 Å². The molecule has 2 aromatic heterocycles. The number of rotatable bonds is 2. The zero-order valence-corrected chi connectivity index (χ0v) is 13.1. The predicted octanol–water partition coefficient (Wildman–Crippen LogP) is 1.70. The van der Waals surface area contributed by atoms with Crippen molar-refractivity contribution < 1.29 is 4.74 Å². The molecule has 0 amide bonds. The first kappa shape index (κ1) is 13.4. The Morgan fingerprint density at radius 1 is 1.43 bits per heavy atom. The number of hydrogen-bond acceptors (Lipinski definition) is 6. The maximum atomic E-state index is 5.95. The molecule has 21 heavy (non-hydrogen) atoms. The predicted molar refractivity (Wildman–Crippen MR) is 79.1 cm³/mol. The Hall–Kier alpha value is -1.31. The van der Waals surface area contributed by atoms with Crippen LogP contribution in [0.4, 0.5) is 0 Å². The summed E-state index contributed by atoms with van der Waals surface area (Å²) < 4.78 is 8.01. The number of aromatic nitrogens is 4. The minimum atomic E-state index is 0.272. The standard InChI is InChI=1S/C14H19N5OS/c1-9-12(16-10(2)21-9)6-18-4-3-14-13(7-18)19-11(8-20-14)5-15-17-19/h5,13-14H,3-4,6-8H2,1-2H3/t13-,14-/m1/s1. The van der Waals surface area contributed by atoms with Gasteiger partial charge in [-0.2, -0.15) is 0 Å². The minimum absolute atomic E-state index is 0.272. The summed E-state index contributed by atoms with van der Waals surface area (Å²) in [7, 11) is 0. The van der Waals surface area contributed by atoms with Gasteiger partial charge >= 0.3 is 0 Å². The van der Waals surface area contributed by atoms with Gasteiger partial charge in [0.05, 0.1) is 41.3 Å². The third kappa shape index (κ3) is 2.39. The Kier molecular flexibility index (Phi) is 3.28. The number of nitrogens with zero attached hydrogens (tertiary/aromatic N) is 5. The quantitative estimate of drug-likeness (QED) is 0.845. The summed E-state index contributed by atoms with van der Waals surface area (Å²) in [6.45, 7) is 7.80. The molecule has 1 fully saturated rings. The topological polar surface area (TPSA) is 56.1 Å². The van der Waals surface area contributed by atoms with Crippen LogP contribution in [0, 0.1) is 13.8 Å². The van der Waals surface area contributed by atoms with E-state index in [0.717, 1.165) is 36.8 Å². The van der Waals surface area contributed by atoms with E-state index in [0.29, 0.717) is 6.61 Å². The van der Waals surface area contributed by atoms with Crippen LogP contribution in [-0.4, -0.2) is 44.1 Å². The summed E-state index contributed by atoms with van der Waals surface area (Å²) in [5.41, 5.74) is 2.30. The lowest BCUT2D eigenvalue weighted by atomic mass is 10.0. The van der Waals surface area contributed by atoms with Gasteiger partial charge in [0.1, 0.15) is 0 Å². The van der Waals surface area contributed by atoms with E-state index in [1.165, 1.54) is 10.6 Å². The van der Waals surface area contributed by atoms with Gasteiger partial charge in [0.25, 0.3) is 0 Å². The highest BCUT2D eigenvalue weighted by Gasteiger charge is 2.36. The molecule has 4 heterocycles. The van der Waals surface area contributed by atoms with Gasteiger partial charge in [0.15, 0.2) is 0 Å². The third-order valence-corrected chi connectivity index (χ3v) is 5.31. The molecule has 2 aromatic rings. The molecule has 2 aliphatic heterocycles. The first-order valence-corrected chi connectivity index (χ1v) is 8.18. The number of fused-ring (bicyclic) bond motifs is 3. The SMILES string of the molecule is Cc1nc(CN2CC[C@H]3OCc4cnnn4[C@@H]3C2)c(C)s1. The Labute approximate surface area is 127 Å². The van der Waals surface area contributed by atoms with E-state index in [1.54, 1.807) is 11.3 Å². The molecule has 0 aromatic carbocycles. The number of hydrogen-bond donors (Lipinski definition) is 0. The highest BCUT2D eigenvalue weighted by molar-refractivity contribution is 7.11. The molecule has 0 aliphatic carbocycles. The second kappa shape index (κ2) is 5.15.